The largest absolute Gasteiger partial charge is 1.00 e. The van der Waals surface area contributed by atoms with Crippen molar-refractivity contribution in [2.24, 2.45) is 0 Å². The first-order valence-electron chi connectivity index (χ1n) is 28.8. The Labute approximate surface area is 882 Å². The summed E-state index contributed by atoms with van der Waals surface area (Å²) in [6, 6.07) is -6.14. The monoisotopic (exact) mass is 1870 g/mol. The predicted octanol–water partition coefficient (Wildman–Crippen LogP) is -42.6. The molecule has 0 amide bonds. The second kappa shape index (κ2) is 61.5. The van der Waals surface area contributed by atoms with Crippen molar-refractivity contribution in [2.75, 3.05) is 55.8 Å². The van der Waals surface area contributed by atoms with Crippen LogP contribution < -0.4 is 342 Å². The van der Waals surface area contributed by atoms with E-state index in [1.54, 1.807) is 0 Å². The van der Waals surface area contributed by atoms with Gasteiger partial charge in [-0.25, -0.2) is 39.0 Å². The van der Waals surface area contributed by atoms with E-state index in [1.165, 1.54) is 6.92 Å². The van der Waals surface area contributed by atoms with Crippen molar-refractivity contribution in [3.8, 4) is 0 Å². The number of aliphatic hydroxyl groups excluding tert-OH is 1. The maximum Gasteiger partial charge on any atom is 1.00 e. The molecule has 70 heteroatoms. The molecule has 594 valence electrons. The van der Waals surface area contributed by atoms with Gasteiger partial charge in [0.05, 0.1) is 36.7 Å². The Kier molecular flexibility index (Phi) is 67.5. The SMILES string of the molecule is [2H]C1(OC)C(C)(O)[C@]([2H])(O[C@H]2O[C@@H](COSOO[O-])[C@@H](OC)C(C)(OC)C2N(C)SOO[O-])[C@]([2H])(C(=O)[O-])O[C@@]1([2H])O[C@]1(C)C(C(C)OS(=O)(=O)[O-])O[C@H](O[C@]2(C)C(C(=O)[O-])O[C@@H](O[C@H]3C(OC)C(NSOO[O-])[C@@H](OC)O[C@H]3COS(=O)(=O)[O-])C(OS(=O)(=O)[O-])[C@@H]2O)C(NSOO[O-])[C@H]1OSOO[O-].[Na+].[Na+].[Na+].[Na+].[Na+].[Na+].[Na+].[Na+].[Na+].[Na+]. The number of likely N-dealkylation sites (N-methyl/N-ethyl adjacent to an activating group) is 1. The molecule has 5 saturated heterocycles. The van der Waals surface area contributed by atoms with Gasteiger partial charge in [0.15, 0.2) is 62.2 Å². The maximum absolute atomic E-state index is 13.9. The first-order valence-corrected chi connectivity index (χ1v) is 34.3. The molecule has 4 N–H and O–H groups in total. The third kappa shape index (κ3) is 36.5. The fourth-order valence-corrected chi connectivity index (χ4v) is 14.4. The van der Waals surface area contributed by atoms with Crippen LogP contribution in [0.3, 0.4) is 0 Å². The number of carbonyl (C=O) groups is 2. The van der Waals surface area contributed by atoms with Crippen LogP contribution in [0.5, 0.6) is 0 Å². The third-order valence-electron chi connectivity index (χ3n) is 15.1. The van der Waals surface area contributed by atoms with E-state index < -0.39 is 238 Å². The zero-order chi connectivity index (χ0) is 79.5. The molecule has 0 bridgehead atoms. The van der Waals surface area contributed by atoms with Crippen LogP contribution in [0.15, 0.2) is 0 Å². The summed E-state index contributed by atoms with van der Waals surface area (Å²) in [7, 11) is -12.8. The van der Waals surface area contributed by atoms with Gasteiger partial charge in [0.25, 0.3) is 0 Å². The molecule has 5 aliphatic heterocycles. The first kappa shape index (κ1) is 122. The van der Waals surface area contributed by atoms with Crippen molar-refractivity contribution in [1.29, 1.82) is 0 Å². The molecule has 5 heterocycles. The quantitative estimate of drug-likeness (QED) is 0.00643. The number of nitrogens with zero attached hydrogens (tertiary/aromatic N) is 1. The molecule has 5 fully saturated rings. The van der Waals surface area contributed by atoms with Gasteiger partial charge in [-0.15, -0.1) is 8.67 Å². The van der Waals surface area contributed by atoms with Crippen molar-refractivity contribution < 1.29 is 530 Å². The molecule has 26 atom stereocenters. The fraction of sp³-hybridized carbons (Fsp3) is 0.951. The Morgan fingerprint density at radius 2 is 1.13 bits per heavy atom. The van der Waals surface area contributed by atoms with Crippen LogP contribution in [0.2, 0.25) is 0 Å². The second-order valence-electron chi connectivity index (χ2n) is 20.9. The number of carbonyl (C=O) groups excluding carboxylic acids is 2. The van der Waals surface area contributed by atoms with E-state index in [4.69, 9.17) is 74.7 Å². The van der Waals surface area contributed by atoms with E-state index in [-0.39, 0.29) is 339 Å². The number of aliphatic hydroxyl groups is 2. The van der Waals surface area contributed by atoms with E-state index in [0.717, 1.165) is 39.8 Å². The molecular formula is C41H63N3Na10O49S8. The van der Waals surface area contributed by atoms with Crippen LogP contribution in [-0.2, 0) is 175 Å². The normalized spacial score (nSPS) is 38.3. The van der Waals surface area contributed by atoms with Crippen molar-refractivity contribution in [1.82, 2.24) is 13.7 Å². The van der Waals surface area contributed by atoms with Crippen LogP contribution >= 0.6 is 61.3 Å². The van der Waals surface area contributed by atoms with Gasteiger partial charge >= 0.3 is 296 Å². The predicted molar refractivity (Wildman–Crippen MR) is 289 cm³/mol. The van der Waals surface area contributed by atoms with E-state index in [2.05, 4.69) is 68.9 Å². The average Bonchev–Trinajstić information content (AvgIpc) is 0.668. The number of hydrogen-bond donors (Lipinski definition) is 4. The molecule has 0 aromatic carbocycles. The number of methoxy groups -OCH3 is 5. The first-order chi connectivity index (χ1) is 48.7. The zero-order valence-electron chi connectivity index (χ0n) is 66.6. The molecule has 0 saturated carbocycles. The summed E-state index contributed by atoms with van der Waals surface area (Å²) in [4.78, 5) is 27.4. The summed E-state index contributed by atoms with van der Waals surface area (Å²) in [5, 5.41) is 125. The van der Waals surface area contributed by atoms with E-state index in [1.807, 2.05) is 0 Å². The number of ether oxygens (including phenoxy) is 14. The van der Waals surface area contributed by atoms with Gasteiger partial charge in [-0.3, -0.25) is 46.1 Å². The molecule has 11 unspecified atom stereocenters. The second-order valence-corrected chi connectivity index (χ2v) is 26.9. The number of nitrogens with one attached hydrogen (secondary N) is 2. The molecule has 0 spiro atoms. The minimum atomic E-state index is -6.34. The third-order valence-corrected chi connectivity index (χ3v) is 18.8. The van der Waals surface area contributed by atoms with E-state index >= 15 is 0 Å². The number of hydrogen-bond acceptors (Lipinski definition) is 57. The summed E-state index contributed by atoms with van der Waals surface area (Å²) in [6.07, 6.45) is -55.3. The average molecular weight is 1870 g/mol. The van der Waals surface area contributed by atoms with Crippen LogP contribution in [-0.4, -0.2) is 279 Å². The van der Waals surface area contributed by atoms with Crippen molar-refractivity contribution >= 4 is 104 Å². The summed E-state index contributed by atoms with van der Waals surface area (Å²) in [5.74, 6) is -5.64. The van der Waals surface area contributed by atoms with Crippen LogP contribution in [0, 0.1) is 0 Å². The van der Waals surface area contributed by atoms with Gasteiger partial charge in [0.1, 0.15) is 150 Å². The summed E-state index contributed by atoms with van der Waals surface area (Å²) in [5.41, 5.74) is -13.3. The van der Waals surface area contributed by atoms with Gasteiger partial charge in [-0.2, -0.15) is 13.0 Å². The number of carboxylic acids is 2. The minimum Gasteiger partial charge on any atom is -0.726 e. The van der Waals surface area contributed by atoms with Crippen LogP contribution in [0.4, 0.5) is 0 Å². The Morgan fingerprint density at radius 1 is 0.577 bits per heavy atom. The Balaban J connectivity index is -0.00000297. The Morgan fingerprint density at radius 3 is 1.60 bits per heavy atom. The number of aliphatic carboxylic acids is 2. The van der Waals surface area contributed by atoms with Crippen molar-refractivity contribution in [3.63, 3.8) is 0 Å². The smallest absolute Gasteiger partial charge is 0.726 e. The van der Waals surface area contributed by atoms with E-state index in [0.29, 0.717) is 27.9 Å². The van der Waals surface area contributed by atoms with E-state index in [9.17, 15) is 101 Å². The number of carboxylic acid groups (broad SMARTS) is 2. The van der Waals surface area contributed by atoms with Gasteiger partial charge < -0.3 is 136 Å². The van der Waals surface area contributed by atoms with Crippen molar-refractivity contribution in [3.05, 3.63) is 0 Å². The molecule has 0 aliphatic carbocycles. The molecule has 0 radical (unpaired) electrons. The molecular weight excluding hydrogens is 1800 g/mol. The zero-order valence-corrected chi connectivity index (χ0v) is 89.1. The Hall–Kier alpha value is 8.86. The molecule has 0 aromatic rings. The van der Waals surface area contributed by atoms with Crippen LogP contribution in [0.25, 0.3) is 0 Å². The number of rotatable bonds is 44. The molecule has 111 heavy (non-hydrogen) atoms. The minimum absolute atomic E-state index is 0. The topological polar surface area (TPSA) is 703 Å². The van der Waals surface area contributed by atoms with Gasteiger partial charge in [-0.05, 0) is 34.6 Å². The maximum atomic E-state index is 13.9. The summed E-state index contributed by atoms with van der Waals surface area (Å²) < 4.78 is 282. The Bertz CT molecular complexity index is 3190. The van der Waals surface area contributed by atoms with Crippen LogP contribution in [0.1, 0.15) is 40.1 Å². The molecule has 5 rings (SSSR count). The molecule has 52 nitrogen and oxygen atoms in total. The van der Waals surface area contributed by atoms with Gasteiger partial charge in [-0.1, -0.05) is 0 Å². The summed E-state index contributed by atoms with van der Waals surface area (Å²) >= 11 is -1.20. The summed E-state index contributed by atoms with van der Waals surface area (Å²) in [6.45, 7) is 0.783. The molecule has 0 aromatic heterocycles. The molecule has 5 aliphatic rings. The standard InChI is InChI=1S/C41H73N3O49S8.10Na/c1-14(82-100(59,60)61)25-41(5,80-37-30(67-9)38(2,50)28(22(75-37)31(46)47)77-36-23(44(6)96-91-86-53)39(3,69-11)26(66-8)16(73-36)12-70-97-92-87-54)27(81-98-93-88-55)18(43-95-90-85-52)34(76-25)79-40(4)24(45)21(83-101(62,63)64)35(78-29(40)32(48)49)74-19-15(13-71-99(56,57)58)72-33(68-10)17(20(19)65-7)42-94-89-84-51;;;;;;;;;;/h14-30,33-37,42-43,45,50-55H,12-13H2,1-11H3,(H,46,47)(H,48,49)(H,56,57,58)(H,59,60,61)(H,62,63,64);;;;;;;;;;/q;10*+1/p-10/t14?,15-,16-,17?,18?,19+,20?,21?,22+,23?,24-,25?,26+,27+,28+,29?,30?,33-,34+,35+,36+,37-,38?,39?,40-,41+;;;;;;;;;;/m0........../s1/i22D,28D,30D,37D;;;;;;;;;;. The van der Waals surface area contributed by atoms with Gasteiger partial charge in [0, 0.05) is 42.6 Å². The fourth-order valence-electron chi connectivity index (χ4n) is 11.1. The van der Waals surface area contributed by atoms with Gasteiger partial charge in [0.2, 0.25) is 31.2 Å². The van der Waals surface area contributed by atoms with Crippen molar-refractivity contribution in [2.45, 2.75) is 192 Å².